The summed E-state index contributed by atoms with van der Waals surface area (Å²) >= 11 is 0. The fourth-order valence-electron chi connectivity index (χ4n) is 4.83. The number of nitrogens with one attached hydrogen (secondary N) is 1. The molecule has 0 heterocycles. The van der Waals surface area contributed by atoms with Crippen LogP contribution in [0.4, 0.5) is 0 Å². The molecule has 0 rings (SSSR count). The number of carbonyl (C=O) groups is 1. The summed E-state index contributed by atoms with van der Waals surface area (Å²) in [4.78, 5) is 22.5. The number of hydrogen-bond donors (Lipinski definition) is 4. The van der Waals surface area contributed by atoms with Gasteiger partial charge in [-0.25, -0.2) is 4.57 Å². The van der Waals surface area contributed by atoms with Gasteiger partial charge in [-0.15, -0.1) is 0 Å². The van der Waals surface area contributed by atoms with Crippen LogP contribution in [0.1, 0.15) is 142 Å². The zero-order valence-corrected chi connectivity index (χ0v) is 30.6. The van der Waals surface area contributed by atoms with Gasteiger partial charge >= 0.3 is 7.82 Å². The van der Waals surface area contributed by atoms with Crippen LogP contribution in [0.3, 0.4) is 0 Å². The van der Waals surface area contributed by atoms with Gasteiger partial charge in [0.2, 0.25) is 5.91 Å². The molecule has 0 bridgehead atoms. The molecule has 0 fully saturated rings. The lowest BCUT2D eigenvalue weighted by atomic mass is 10.1. The molecule has 5 N–H and O–H groups in total. The van der Waals surface area contributed by atoms with Crippen LogP contribution in [0, 0.1) is 0 Å². The van der Waals surface area contributed by atoms with E-state index in [1.54, 1.807) is 6.08 Å². The highest BCUT2D eigenvalue weighted by Crippen LogP contribution is 2.43. The first-order valence-corrected chi connectivity index (χ1v) is 19.9. The third-order valence-corrected chi connectivity index (χ3v) is 8.58. The van der Waals surface area contributed by atoms with Crippen molar-refractivity contribution >= 4 is 13.7 Å². The number of phosphoric ester groups is 1. The van der Waals surface area contributed by atoms with Crippen molar-refractivity contribution in [3.8, 4) is 0 Å². The van der Waals surface area contributed by atoms with E-state index in [9.17, 15) is 19.4 Å². The molecular formula is C38H69N2O6P. The summed E-state index contributed by atoms with van der Waals surface area (Å²) in [7, 11) is -4.33. The number of nitrogens with two attached hydrogens (primary N) is 1. The lowest BCUT2D eigenvalue weighted by Crippen LogP contribution is -2.45. The Morgan fingerprint density at radius 2 is 1.23 bits per heavy atom. The van der Waals surface area contributed by atoms with Gasteiger partial charge in [0.05, 0.1) is 25.4 Å². The second-order valence-corrected chi connectivity index (χ2v) is 13.5. The molecule has 272 valence electrons. The molecule has 0 aliphatic carbocycles. The van der Waals surface area contributed by atoms with Crippen molar-refractivity contribution in [2.45, 2.75) is 154 Å². The topological polar surface area (TPSA) is 131 Å². The van der Waals surface area contributed by atoms with E-state index in [0.29, 0.717) is 6.42 Å². The quantitative estimate of drug-likeness (QED) is 0.0308. The predicted molar refractivity (Wildman–Crippen MR) is 198 cm³/mol. The van der Waals surface area contributed by atoms with E-state index in [1.807, 2.05) is 6.08 Å². The smallest absolute Gasteiger partial charge is 0.387 e. The first-order valence-electron chi connectivity index (χ1n) is 18.4. The molecule has 0 aliphatic heterocycles. The highest BCUT2D eigenvalue weighted by Gasteiger charge is 2.26. The normalized spacial score (nSPS) is 15.1. The minimum Gasteiger partial charge on any atom is -0.387 e. The molecule has 8 nitrogen and oxygen atoms in total. The number of aliphatic hydroxyl groups excluding tert-OH is 1. The number of rotatable bonds is 33. The van der Waals surface area contributed by atoms with Crippen LogP contribution in [0.15, 0.2) is 60.8 Å². The number of hydrogen-bond acceptors (Lipinski definition) is 6. The molecule has 47 heavy (non-hydrogen) atoms. The Hall–Kier alpha value is -1.80. The highest BCUT2D eigenvalue weighted by molar-refractivity contribution is 7.47. The van der Waals surface area contributed by atoms with Crippen LogP contribution in [-0.4, -0.2) is 47.8 Å². The van der Waals surface area contributed by atoms with Crippen LogP contribution < -0.4 is 11.1 Å². The Kier molecular flexibility index (Phi) is 32.8. The highest BCUT2D eigenvalue weighted by atomic mass is 31.2. The molecule has 0 spiro atoms. The molecule has 3 atom stereocenters. The van der Waals surface area contributed by atoms with Gasteiger partial charge in [-0.1, -0.05) is 139 Å². The van der Waals surface area contributed by atoms with E-state index in [2.05, 4.69) is 67.8 Å². The van der Waals surface area contributed by atoms with Gasteiger partial charge in [0.1, 0.15) is 0 Å². The van der Waals surface area contributed by atoms with Gasteiger partial charge in [-0.05, 0) is 57.8 Å². The van der Waals surface area contributed by atoms with Crippen LogP contribution in [0.25, 0.3) is 0 Å². The van der Waals surface area contributed by atoms with E-state index < -0.39 is 20.0 Å². The fraction of sp³-hybridized carbons (Fsp3) is 0.711. The molecular weight excluding hydrogens is 611 g/mol. The second kappa shape index (κ2) is 34.1. The van der Waals surface area contributed by atoms with Crippen LogP contribution in [0.2, 0.25) is 0 Å². The fourth-order valence-corrected chi connectivity index (χ4v) is 5.59. The van der Waals surface area contributed by atoms with Crippen molar-refractivity contribution in [1.29, 1.82) is 0 Å². The van der Waals surface area contributed by atoms with Crippen molar-refractivity contribution in [3.63, 3.8) is 0 Å². The summed E-state index contributed by atoms with van der Waals surface area (Å²) in [5.74, 6) is -0.215. The maximum Gasteiger partial charge on any atom is 0.472 e. The average molecular weight is 681 g/mol. The van der Waals surface area contributed by atoms with E-state index in [0.717, 1.165) is 77.0 Å². The number of carbonyl (C=O) groups excluding carboxylic acids is 1. The van der Waals surface area contributed by atoms with Gasteiger partial charge in [-0.2, -0.15) is 0 Å². The van der Waals surface area contributed by atoms with Gasteiger partial charge in [0.15, 0.2) is 0 Å². The van der Waals surface area contributed by atoms with Gasteiger partial charge in [0, 0.05) is 13.0 Å². The van der Waals surface area contributed by atoms with Crippen molar-refractivity contribution in [2.75, 3.05) is 19.8 Å². The zero-order chi connectivity index (χ0) is 34.7. The van der Waals surface area contributed by atoms with Crippen LogP contribution >= 0.6 is 7.82 Å². The van der Waals surface area contributed by atoms with Crippen molar-refractivity contribution < 1.29 is 28.4 Å². The molecule has 3 unspecified atom stereocenters. The Morgan fingerprint density at radius 3 is 1.81 bits per heavy atom. The Balaban J connectivity index is 4.28. The Morgan fingerprint density at radius 1 is 0.723 bits per heavy atom. The third kappa shape index (κ3) is 32.5. The summed E-state index contributed by atoms with van der Waals surface area (Å²) in [5.41, 5.74) is 5.34. The third-order valence-electron chi connectivity index (χ3n) is 7.60. The average Bonchev–Trinajstić information content (AvgIpc) is 3.05. The van der Waals surface area contributed by atoms with E-state index in [1.165, 1.54) is 44.9 Å². The zero-order valence-electron chi connectivity index (χ0n) is 29.7. The summed E-state index contributed by atoms with van der Waals surface area (Å²) in [6, 6.07) is -0.867. The number of allylic oxidation sites excluding steroid dienone is 9. The van der Waals surface area contributed by atoms with Crippen LogP contribution in [0.5, 0.6) is 0 Å². The van der Waals surface area contributed by atoms with Gasteiger partial charge in [-0.3, -0.25) is 13.8 Å². The van der Waals surface area contributed by atoms with Crippen molar-refractivity contribution in [1.82, 2.24) is 5.32 Å². The maximum absolute atomic E-state index is 12.7. The monoisotopic (exact) mass is 680 g/mol. The van der Waals surface area contributed by atoms with E-state index >= 15 is 0 Å². The number of amides is 1. The molecule has 0 saturated heterocycles. The summed E-state index contributed by atoms with van der Waals surface area (Å²) in [6.45, 7) is 3.95. The molecule has 0 aromatic rings. The van der Waals surface area contributed by atoms with Crippen molar-refractivity contribution in [2.24, 2.45) is 5.73 Å². The molecule has 0 saturated carbocycles. The maximum atomic E-state index is 12.7. The molecule has 0 aromatic heterocycles. The van der Waals surface area contributed by atoms with Crippen molar-refractivity contribution in [3.05, 3.63) is 60.8 Å². The van der Waals surface area contributed by atoms with Gasteiger partial charge < -0.3 is 21.1 Å². The SMILES string of the molecule is CC/C=C\C/C=C\C/C=C\C/C=C\CCCCCCCCC(=O)NC(COP(=O)(O)OCCN)C(O)/C=C/CCCCCCCCC. The summed E-state index contributed by atoms with van der Waals surface area (Å²) < 4.78 is 22.0. The molecule has 9 heteroatoms. The molecule has 0 aromatic carbocycles. The minimum atomic E-state index is -4.33. The second-order valence-electron chi connectivity index (χ2n) is 12.0. The predicted octanol–water partition coefficient (Wildman–Crippen LogP) is 9.55. The minimum absolute atomic E-state index is 0.0727. The van der Waals surface area contributed by atoms with E-state index in [4.69, 9.17) is 14.8 Å². The molecule has 1 amide bonds. The Labute approximate surface area is 287 Å². The summed E-state index contributed by atoms with van der Waals surface area (Å²) in [6.07, 6.45) is 41.2. The number of aliphatic hydroxyl groups is 1. The molecule has 0 aliphatic rings. The van der Waals surface area contributed by atoms with E-state index in [-0.39, 0.29) is 25.7 Å². The lowest BCUT2D eigenvalue weighted by molar-refractivity contribution is -0.123. The van der Waals surface area contributed by atoms with Gasteiger partial charge in [0.25, 0.3) is 0 Å². The lowest BCUT2D eigenvalue weighted by Gasteiger charge is -2.23. The van der Waals surface area contributed by atoms with Crippen LogP contribution in [-0.2, 0) is 18.4 Å². The summed E-state index contributed by atoms with van der Waals surface area (Å²) in [5, 5.41) is 13.5. The number of phosphoric acid groups is 1. The molecule has 0 radical (unpaired) electrons. The largest absolute Gasteiger partial charge is 0.472 e. The first kappa shape index (κ1) is 45.2. The Bertz CT molecular complexity index is 918. The standard InChI is InChI=1S/C38H69N2O6P/c1-3-5-7-9-11-13-14-15-16-17-18-19-20-21-22-24-26-28-30-32-38(42)40-36(35-46-47(43,44)45-34-33-39)37(41)31-29-27-25-23-12-10-8-6-4-2/h5,7,11,13,15-16,18-19,29,31,36-37,41H,3-4,6,8-10,12,14,17,20-28,30,32-35,39H2,1-2H3,(H,40,42)(H,43,44)/b7-5-,13-11-,16-15-,19-18-,31-29+. The number of unbranched alkanes of at least 4 members (excludes halogenated alkanes) is 13. The first-order chi connectivity index (χ1) is 22.9.